The zero-order valence-electron chi connectivity index (χ0n) is 12.6. The van der Waals surface area contributed by atoms with Gasteiger partial charge in [-0.25, -0.2) is 0 Å². The van der Waals surface area contributed by atoms with Crippen LogP contribution in [0, 0.1) is 5.92 Å². The van der Waals surface area contributed by atoms with E-state index in [4.69, 9.17) is 0 Å². The molecule has 21 heavy (non-hydrogen) atoms. The number of hydrogen-bond donors (Lipinski definition) is 2. The first-order chi connectivity index (χ1) is 10.3. The van der Waals surface area contributed by atoms with Crippen LogP contribution in [0.5, 0.6) is 0 Å². The second-order valence-corrected chi connectivity index (χ2v) is 6.31. The highest BCUT2D eigenvalue weighted by molar-refractivity contribution is 5.92. The largest absolute Gasteiger partial charge is 0.325 e. The van der Waals surface area contributed by atoms with Crippen LogP contribution in [0.15, 0.2) is 24.3 Å². The Kier molecular flexibility index (Phi) is 4.88. The lowest BCUT2D eigenvalue weighted by Crippen LogP contribution is -2.29. The van der Waals surface area contributed by atoms with Gasteiger partial charge in [-0.3, -0.25) is 9.69 Å². The van der Waals surface area contributed by atoms with Crippen molar-refractivity contribution in [2.45, 2.75) is 32.2 Å². The number of hydrogen-bond acceptors (Lipinski definition) is 3. The number of rotatable bonds is 7. The zero-order valence-corrected chi connectivity index (χ0v) is 12.6. The molecule has 0 aromatic heterocycles. The Bertz CT molecular complexity index is 479. The van der Waals surface area contributed by atoms with Gasteiger partial charge in [-0.2, -0.15) is 0 Å². The molecule has 2 fully saturated rings. The summed E-state index contributed by atoms with van der Waals surface area (Å²) in [6.07, 6.45) is 5.24. The van der Waals surface area contributed by atoms with Crippen molar-refractivity contribution in [3.05, 3.63) is 29.8 Å². The van der Waals surface area contributed by atoms with Crippen LogP contribution in [0.2, 0.25) is 0 Å². The van der Waals surface area contributed by atoms with Gasteiger partial charge >= 0.3 is 0 Å². The summed E-state index contributed by atoms with van der Waals surface area (Å²) in [6, 6.07) is 8.22. The van der Waals surface area contributed by atoms with Crippen molar-refractivity contribution >= 4 is 11.6 Å². The Morgan fingerprint density at radius 3 is 2.81 bits per heavy atom. The first-order valence-corrected chi connectivity index (χ1v) is 8.11. The number of anilines is 1. The van der Waals surface area contributed by atoms with E-state index >= 15 is 0 Å². The molecule has 4 heteroatoms. The zero-order chi connectivity index (χ0) is 14.5. The predicted molar refractivity (Wildman–Crippen MR) is 85.2 cm³/mol. The van der Waals surface area contributed by atoms with Crippen LogP contribution in [-0.4, -0.2) is 37.0 Å². The van der Waals surface area contributed by atoms with Crippen LogP contribution in [0.3, 0.4) is 0 Å². The minimum absolute atomic E-state index is 0.0500. The number of carbonyl (C=O) groups is 1. The van der Waals surface area contributed by atoms with Crippen LogP contribution in [-0.2, 0) is 11.3 Å². The summed E-state index contributed by atoms with van der Waals surface area (Å²) in [5, 5.41) is 6.20. The van der Waals surface area contributed by atoms with Gasteiger partial charge in [-0.15, -0.1) is 0 Å². The molecule has 1 aromatic carbocycles. The van der Waals surface area contributed by atoms with Gasteiger partial charge in [0.05, 0.1) is 6.54 Å². The average molecular weight is 287 g/mol. The minimum atomic E-state index is 0.0500. The Morgan fingerprint density at radius 1 is 1.24 bits per heavy atom. The molecule has 0 atom stereocenters. The fraction of sp³-hybridized carbons (Fsp3) is 0.588. The van der Waals surface area contributed by atoms with E-state index < -0.39 is 0 Å². The van der Waals surface area contributed by atoms with Crippen molar-refractivity contribution in [1.29, 1.82) is 0 Å². The second kappa shape index (κ2) is 7.05. The Balaban J connectivity index is 1.46. The summed E-state index contributed by atoms with van der Waals surface area (Å²) in [6.45, 7) is 4.77. The third-order valence-corrected chi connectivity index (χ3v) is 4.23. The van der Waals surface area contributed by atoms with E-state index in [-0.39, 0.29) is 5.91 Å². The van der Waals surface area contributed by atoms with E-state index in [0.29, 0.717) is 6.54 Å². The molecule has 1 saturated carbocycles. The molecule has 1 amide bonds. The van der Waals surface area contributed by atoms with E-state index in [1.54, 1.807) is 0 Å². The van der Waals surface area contributed by atoms with Crippen molar-refractivity contribution in [2.24, 2.45) is 5.92 Å². The second-order valence-electron chi connectivity index (χ2n) is 6.31. The SMILES string of the molecule is O=C(CNCC1CC1)Nc1cccc(CN2CCCC2)c1. The van der Waals surface area contributed by atoms with Gasteiger partial charge in [0.25, 0.3) is 0 Å². The third-order valence-electron chi connectivity index (χ3n) is 4.23. The molecule has 1 heterocycles. The lowest BCUT2D eigenvalue weighted by atomic mass is 10.2. The molecule has 2 aliphatic rings. The molecule has 114 valence electrons. The average Bonchev–Trinajstić information content (AvgIpc) is 3.14. The van der Waals surface area contributed by atoms with E-state index in [1.807, 2.05) is 12.1 Å². The van der Waals surface area contributed by atoms with E-state index in [0.717, 1.165) is 24.7 Å². The van der Waals surface area contributed by atoms with E-state index in [1.165, 1.54) is 44.3 Å². The van der Waals surface area contributed by atoms with Gasteiger partial charge in [0.1, 0.15) is 0 Å². The molecule has 0 radical (unpaired) electrons. The standard InChI is InChI=1S/C17H25N3O/c21-17(12-18-11-14-6-7-14)19-16-5-3-4-15(10-16)13-20-8-1-2-9-20/h3-5,10,14,18H,1-2,6-9,11-13H2,(H,19,21). The number of carbonyl (C=O) groups excluding carboxylic acids is 1. The minimum Gasteiger partial charge on any atom is -0.325 e. The Labute approximate surface area is 126 Å². The number of likely N-dealkylation sites (tertiary alicyclic amines) is 1. The summed E-state index contributed by atoms with van der Waals surface area (Å²) in [5.41, 5.74) is 2.19. The number of benzene rings is 1. The summed E-state index contributed by atoms with van der Waals surface area (Å²) in [5.74, 6) is 0.857. The van der Waals surface area contributed by atoms with Gasteiger partial charge in [-0.05, 0) is 68.9 Å². The molecule has 0 spiro atoms. The van der Waals surface area contributed by atoms with E-state index in [9.17, 15) is 4.79 Å². The van der Waals surface area contributed by atoms with Crippen LogP contribution >= 0.6 is 0 Å². The summed E-state index contributed by atoms with van der Waals surface area (Å²) in [4.78, 5) is 14.4. The lowest BCUT2D eigenvalue weighted by Gasteiger charge is -2.15. The Hall–Kier alpha value is -1.39. The summed E-state index contributed by atoms with van der Waals surface area (Å²) in [7, 11) is 0. The van der Waals surface area contributed by atoms with Crippen LogP contribution < -0.4 is 10.6 Å². The van der Waals surface area contributed by atoms with Crippen molar-refractivity contribution in [1.82, 2.24) is 10.2 Å². The highest BCUT2D eigenvalue weighted by atomic mass is 16.1. The molecule has 0 unspecified atom stereocenters. The molecular weight excluding hydrogens is 262 g/mol. The maximum absolute atomic E-state index is 11.9. The fourth-order valence-corrected chi connectivity index (χ4v) is 2.86. The maximum Gasteiger partial charge on any atom is 0.238 e. The molecule has 3 rings (SSSR count). The van der Waals surface area contributed by atoms with Gasteiger partial charge in [-0.1, -0.05) is 12.1 Å². The quantitative estimate of drug-likeness (QED) is 0.808. The van der Waals surface area contributed by atoms with Gasteiger partial charge in [0, 0.05) is 12.2 Å². The topological polar surface area (TPSA) is 44.4 Å². The number of nitrogens with zero attached hydrogens (tertiary/aromatic N) is 1. The molecule has 1 aliphatic heterocycles. The molecular formula is C17H25N3O. The molecule has 1 aliphatic carbocycles. The number of nitrogens with one attached hydrogen (secondary N) is 2. The molecule has 2 N–H and O–H groups in total. The monoisotopic (exact) mass is 287 g/mol. The fourth-order valence-electron chi connectivity index (χ4n) is 2.86. The highest BCUT2D eigenvalue weighted by Crippen LogP contribution is 2.27. The van der Waals surface area contributed by atoms with Crippen molar-refractivity contribution < 1.29 is 4.79 Å². The van der Waals surface area contributed by atoms with Gasteiger partial charge < -0.3 is 10.6 Å². The predicted octanol–water partition coefficient (Wildman–Crippen LogP) is 2.22. The highest BCUT2D eigenvalue weighted by Gasteiger charge is 2.20. The first-order valence-electron chi connectivity index (χ1n) is 8.11. The van der Waals surface area contributed by atoms with Gasteiger partial charge in [0.2, 0.25) is 5.91 Å². The normalized spacial score (nSPS) is 18.9. The first kappa shape index (κ1) is 14.5. The van der Waals surface area contributed by atoms with Crippen LogP contribution in [0.25, 0.3) is 0 Å². The van der Waals surface area contributed by atoms with Crippen molar-refractivity contribution in [3.8, 4) is 0 Å². The smallest absolute Gasteiger partial charge is 0.238 e. The summed E-state index contributed by atoms with van der Waals surface area (Å²) < 4.78 is 0. The lowest BCUT2D eigenvalue weighted by molar-refractivity contribution is -0.115. The number of amides is 1. The molecule has 1 saturated heterocycles. The maximum atomic E-state index is 11.9. The summed E-state index contributed by atoms with van der Waals surface area (Å²) >= 11 is 0. The van der Waals surface area contributed by atoms with Gasteiger partial charge in [0.15, 0.2) is 0 Å². The van der Waals surface area contributed by atoms with Crippen LogP contribution in [0.4, 0.5) is 5.69 Å². The Morgan fingerprint density at radius 2 is 2.05 bits per heavy atom. The molecule has 1 aromatic rings. The van der Waals surface area contributed by atoms with Crippen LogP contribution in [0.1, 0.15) is 31.2 Å². The van der Waals surface area contributed by atoms with E-state index in [2.05, 4.69) is 27.7 Å². The molecule has 0 bridgehead atoms. The molecule has 4 nitrogen and oxygen atoms in total. The third kappa shape index (κ3) is 4.83. The van der Waals surface area contributed by atoms with Crippen molar-refractivity contribution in [3.63, 3.8) is 0 Å². The van der Waals surface area contributed by atoms with Crippen molar-refractivity contribution in [2.75, 3.05) is 31.5 Å².